The second kappa shape index (κ2) is 9.30. The van der Waals surface area contributed by atoms with E-state index in [1.165, 1.54) is 5.56 Å². The first-order valence-electron chi connectivity index (χ1n) is 7.95. The Morgan fingerprint density at radius 1 is 1.12 bits per heavy atom. The minimum Gasteiger partial charge on any atom is -0.484 e. The van der Waals surface area contributed by atoms with Crippen molar-refractivity contribution in [3.05, 3.63) is 71.8 Å². The van der Waals surface area contributed by atoms with Crippen molar-refractivity contribution in [3.63, 3.8) is 0 Å². The Labute approximate surface area is 142 Å². The maximum Gasteiger partial charge on any atom is 0.277 e. The van der Waals surface area contributed by atoms with E-state index >= 15 is 0 Å². The number of hydrogen-bond acceptors (Lipinski definition) is 3. The summed E-state index contributed by atoms with van der Waals surface area (Å²) in [6, 6.07) is 17.6. The predicted molar refractivity (Wildman–Crippen MR) is 98.0 cm³/mol. The van der Waals surface area contributed by atoms with Crippen LogP contribution in [0.25, 0.3) is 6.08 Å². The van der Waals surface area contributed by atoms with Gasteiger partial charge < -0.3 is 4.74 Å². The van der Waals surface area contributed by atoms with Crippen LogP contribution < -0.4 is 10.2 Å². The highest BCUT2D eigenvalue weighted by molar-refractivity contribution is 5.97. The fourth-order valence-corrected chi connectivity index (χ4v) is 1.97. The highest BCUT2D eigenvalue weighted by Gasteiger charge is 2.01. The van der Waals surface area contributed by atoms with Gasteiger partial charge in [-0.2, -0.15) is 5.10 Å². The van der Waals surface area contributed by atoms with Gasteiger partial charge in [-0.3, -0.25) is 4.79 Å². The Kier molecular flexibility index (Phi) is 6.77. The lowest BCUT2D eigenvalue weighted by Crippen LogP contribution is -2.25. The highest BCUT2D eigenvalue weighted by Crippen LogP contribution is 2.12. The highest BCUT2D eigenvalue weighted by atomic mass is 16.5. The summed E-state index contributed by atoms with van der Waals surface area (Å²) in [6.45, 7) is 3.85. The zero-order valence-electron chi connectivity index (χ0n) is 14.0. The maximum atomic E-state index is 11.8. The molecule has 0 saturated carbocycles. The van der Waals surface area contributed by atoms with E-state index in [-0.39, 0.29) is 12.5 Å². The van der Waals surface area contributed by atoms with Crippen LogP contribution in [0, 0.1) is 0 Å². The first-order valence-corrected chi connectivity index (χ1v) is 7.95. The molecule has 0 spiro atoms. The van der Waals surface area contributed by atoms with Gasteiger partial charge in [-0.15, -0.1) is 0 Å². The van der Waals surface area contributed by atoms with Crippen molar-refractivity contribution in [2.75, 3.05) is 6.61 Å². The fourth-order valence-electron chi connectivity index (χ4n) is 1.97. The van der Waals surface area contributed by atoms with Crippen LogP contribution in [0.3, 0.4) is 0 Å². The van der Waals surface area contributed by atoms with E-state index < -0.39 is 0 Å². The Balaban J connectivity index is 1.77. The predicted octanol–water partition coefficient (Wildman–Crippen LogP) is 3.83. The van der Waals surface area contributed by atoms with Gasteiger partial charge in [-0.1, -0.05) is 55.5 Å². The van der Waals surface area contributed by atoms with E-state index in [0.717, 1.165) is 12.0 Å². The summed E-state index contributed by atoms with van der Waals surface area (Å²) < 4.78 is 5.43. The number of ether oxygens (including phenoxy) is 1. The van der Waals surface area contributed by atoms with Crippen LogP contribution in [-0.2, 0) is 11.2 Å². The van der Waals surface area contributed by atoms with E-state index in [1.54, 1.807) is 0 Å². The van der Waals surface area contributed by atoms with Gasteiger partial charge in [0.05, 0.1) is 5.71 Å². The minimum absolute atomic E-state index is 0.0648. The molecular formula is C20H22N2O2. The van der Waals surface area contributed by atoms with E-state index in [1.807, 2.05) is 73.7 Å². The third-order valence-electron chi connectivity index (χ3n) is 3.38. The van der Waals surface area contributed by atoms with Crippen LogP contribution in [0.15, 0.2) is 65.8 Å². The summed E-state index contributed by atoms with van der Waals surface area (Å²) in [4.78, 5) is 11.8. The summed E-state index contributed by atoms with van der Waals surface area (Å²) in [5.74, 6) is 0.383. The number of nitrogens with zero attached hydrogens (tertiary/aromatic N) is 1. The van der Waals surface area contributed by atoms with E-state index in [0.29, 0.717) is 11.5 Å². The molecule has 2 aromatic carbocycles. The molecular weight excluding hydrogens is 300 g/mol. The van der Waals surface area contributed by atoms with Gasteiger partial charge in [0, 0.05) is 0 Å². The van der Waals surface area contributed by atoms with Crippen LogP contribution >= 0.6 is 0 Å². The molecule has 0 aliphatic heterocycles. The molecule has 4 nitrogen and oxygen atoms in total. The van der Waals surface area contributed by atoms with Crippen LogP contribution in [0.2, 0.25) is 0 Å². The first kappa shape index (κ1) is 17.5. The number of rotatable bonds is 7. The lowest BCUT2D eigenvalue weighted by Gasteiger charge is -2.06. The average Bonchev–Trinajstić information content (AvgIpc) is 2.64. The molecule has 0 unspecified atom stereocenters. The van der Waals surface area contributed by atoms with Gasteiger partial charge >= 0.3 is 0 Å². The lowest BCUT2D eigenvalue weighted by molar-refractivity contribution is -0.123. The van der Waals surface area contributed by atoms with Gasteiger partial charge in [0.1, 0.15) is 5.75 Å². The molecule has 2 aromatic rings. The minimum atomic E-state index is -0.290. The van der Waals surface area contributed by atoms with E-state index in [2.05, 4.69) is 17.5 Å². The summed E-state index contributed by atoms with van der Waals surface area (Å²) >= 11 is 0. The second-order valence-electron chi connectivity index (χ2n) is 5.32. The molecule has 0 aliphatic carbocycles. The molecule has 0 aliphatic rings. The standard InChI is InChI=1S/C20H22N2O2/c1-3-17-11-13-19(14-12-17)24-15-20(23)22-21-16(2)9-10-18-7-5-4-6-8-18/h4-14H,3,15H2,1-2H3,(H,22,23)/b10-9+,21-16+. The Morgan fingerprint density at radius 3 is 2.50 bits per heavy atom. The van der Waals surface area contributed by atoms with Crippen molar-refractivity contribution in [1.29, 1.82) is 0 Å². The monoisotopic (exact) mass is 322 g/mol. The molecule has 124 valence electrons. The molecule has 2 rings (SSSR count). The second-order valence-corrected chi connectivity index (χ2v) is 5.32. The largest absolute Gasteiger partial charge is 0.484 e. The molecule has 24 heavy (non-hydrogen) atoms. The van der Waals surface area contributed by atoms with Gasteiger partial charge in [-0.25, -0.2) is 5.43 Å². The van der Waals surface area contributed by atoms with Crippen molar-refractivity contribution in [1.82, 2.24) is 5.43 Å². The molecule has 0 fully saturated rings. The fraction of sp³-hybridized carbons (Fsp3) is 0.200. The molecule has 0 saturated heterocycles. The molecule has 1 N–H and O–H groups in total. The normalized spacial score (nSPS) is 11.5. The number of hydrazone groups is 1. The molecule has 0 atom stereocenters. The van der Waals surface area contributed by atoms with Crippen molar-refractivity contribution in [2.45, 2.75) is 20.3 Å². The summed E-state index contributed by atoms with van der Waals surface area (Å²) in [5.41, 5.74) is 5.51. The zero-order valence-corrected chi connectivity index (χ0v) is 14.0. The molecule has 0 heterocycles. The van der Waals surface area contributed by atoms with Crippen molar-refractivity contribution < 1.29 is 9.53 Å². The number of benzene rings is 2. The first-order chi connectivity index (χ1) is 11.7. The van der Waals surface area contributed by atoms with Gasteiger partial charge in [-0.05, 0) is 42.7 Å². The third kappa shape index (κ3) is 6.08. The van der Waals surface area contributed by atoms with Gasteiger partial charge in [0.25, 0.3) is 5.91 Å². The quantitative estimate of drug-likeness (QED) is 0.622. The number of nitrogens with one attached hydrogen (secondary N) is 1. The Morgan fingerprint density at radius 2 is 1.83 bits per heavy atom. The molecule has 0 aromatic heterocycles. The van der Waals surface area contributed by atoms with Crippen LogP contribution in [-0.4, -0.2) is 18.2 Å². The Hall–Kier alpha value is -2.88. The van der Waals surface area contributed by atoms with Crippen molar-refractivity contribution >= 4 is 17.7 Å². The van der Waals surface area contributed by atoms with E-state index in [9.17, 15) is 4.79 Å². The summed E-state index contributed by atoms with van der Waals surface area (Å²) in [6.07, 6.45) is 4.77. The van der Waals surface area contributed by atoms with Crippen LogP contribution in [0.5, 0.6) is 5.75 Å². The van der Waals surface area contributed by atoms with Gasteiger partial charge in [0.2, 0.25) is 0 Å². The topological polar surface area (TPSA) is 50.7 Å². The molecule has 0 radical (unpaired) electrons. The number of carbonyl (C=O) groups is 1. The van der Waals surface area contributed by atoms with Crippen molar-refractivity contribution in [3.8, 4) is 5.75 Å². The zero-order chi connectivity index (χ0) is 17.2. The molecule has 4 heteroatoms. The summed E-state index contributed by atoms with van der Waals surface area (Å²) in [7, 11) is 0. The van der Waals surface area contributed by atoms with Crippen LogP contribution in [0.1, 0.15) is 25.0 Å². The average molecular weight is 322 g/mol. The number of allylic oxidation sites excluding steroid dienone is 1. The maximum absolute atomic E-state index is 11.8. The molecule has 0 bridgehead atoms. The van der Waals surface area contributed by atoms with Gasteiger partial charge in [0.15, 0.2) is 6.61 Å². The Bertz CT molecular complexity index is 704. The number of hydrogen-bond donors (Lipinski definition) is 1. The summed E-state index contributed by atoms with van der Waals surface area (Å²) in [5, 5.41) is 4.03. The number of aryl methyl sites for hydroxylation is 1. The van der Waals surface area contributed by atoms with Crippen LogP contribution in [0.4, 0.5) is 0 Å². The molecule has 1 amide bonds. The van der Waals surface area contributed by atoms with E-state index in [4.69, 9.17) is 4.74 Å². The lowest BCUT2D eigenvalue weighted by atomic mass is 10.2. The third-order valence-corrected chi connectivity index (χ3v) is 3.38. The van der Waals surface area contributed by atoms with Crippen molar-refractivity contribution in [2.24, 2.45) is 5.10 Å². The number of carbonyl (C=O) groups excluding carboxylic acids is 1. The smallest absolute Gasteiger partial charge is 0.277 e. The number of amides is 1. The SMILES string of the molecule is CCc1ccc(OCC(=O)N/N=C(C)/C=C/c2ccccc2)cc1.